The van der Waals surface area contributed by atoms with Gasteiger partial charge in [0.25, 0.3) is 11.6 Å². The van der Waals surface area contributed by atoms with Crippen molar-refractivity contribution in [1.29, 1.82) is 0 Å². The lowest BCUT2D eigenvalue weighted by atomic mass is 9.87. The molecule has 19 N–H and O–H groups in total. The number of carbonyl (C=O) groups excluding carboxylic acids is 2. The Bertz CT molecular complexity index is 1670. The van der Waals surface area contributed by atoms with Gasteiger partial charge < -0.3 is 131 Å². The predicted octanol–water partition coefficient (Wildman–Crippen LogP) is -9.90. The number of carboxylic acids is 2. The van der Waals surface area contributed by atoms with Crippen molar-refractivity contribution in [1.82, 2.24) is 10.6 Å². The zero-order chi connectivity index (χ0) is 51.7. The Kier molecular flexibility index (Phi) is 21.7. The first-order chi connectivity index (χ1) is 32.5. The molecule has 4 rings (SSSR count). The molecule has 2 amide bonds. The van der Waals surface area contributed by atoms with Crippen LogP contribution in [0.3, 0.4) is 0 Å². The minimum atomic E-state index is -3.33. The molecule has 0 aromatic heterocycles. The number of aliphatic carboxylic acids is 2. The summed E-state index contributed by atoms with van der Waals surface area (Å²) in [7, 11) is 0. The lowest BCUT2D eigenvalue weighted by Crippen LogP contribution is -2.72. The van der Waals surface area contributed by atoms with E-state index in [0.717, 1.165) is 13.8 Å². The maximum atomic E-state index is 13.3. The van der Waals surface area contributed by atoms with Crippen LogP contribution in [0.25, 0.3) is 0 Å². The van der Waals surface area contributed by atoms with E-state index in [1.165, 1.54) is 0 Å². The van der Waals surface area contributed by atoms with Crippen molar-refractivity contribution in [3.05, 3.63) is 0 Å². The fourth-order valence-electron chi connectivity index (χ4n) is 8.50. The Morgan fingerprint density at radius 1 is 0.667 bits per heavy atom. The summed E-state index contributed by atoms with van der Waals surface area (Å²) in [4.78, 5) is 50.6. The van der Waals surface area contributed by atoms with E-state index in [1.54, 1.807) is 0 Å². The van der Waals surface area contributed by atoms with E-state index in [-0.39, 0.29) is 6.61 Å². The van der Waals surface area contributed by atoms with Gasteiger partial charge in [0.15, 0.2) is 12.6 Å². The topological polar surface area (TPSA) is 496 Å². The largest absolute Gasteiger partial charge is 0.477 e. The lowest BCUT2D eigenvalue weighted by Gasteiger charge is -2.51. The number of hydrogen-bond donors (Lipinski definition) is 18. The van der Waals surface area contributed by atoms with Gasteiger partial charge in [-0.05, 0) is 25.8 Å². The van der Waals surface area contributed by atoms with Gasteiger partial charge in [0.2, 0.25) is 11.8 Å². The number of aliphatic hydroxyl groups excluding tert-OH is 13. The molecule has 4 saturated heterocycles. The van der Waals surface area contributed by atoms with E-state index in [4.69, 9.17) is 43.6 Å². The van der Waals surface area contributed by atoms with E-state index in [2.05, 4.69) is 10.6 Å². The molecule has 18 unspecified atom stereocenters. The fourth-order valence-corrected chi connectivity index (χ4v) is 8.50. The summed E-state index contributed by atoms with van der Waals surface area (Å²) < 4.78 is 45.1. The zero-order valence-corrected chi connectivity index (χ0v) is 37.5. The lowest BCUT2D eigenvalue weighted by molar-refractivity contribution is -0.388. The summed E-state index contributed by atoms with van der Waals surface area (Å²) >= 11 is 0. The molecule has 0 aromatic carbocycles. The third kappa shape index (κ3) is 13.5. The molecule has 0 spiro atoms. The van der Waals surface area contributed by atoms with Crippen molar-refractivity contribution in [2.45, 2.75) is 180 Å². The van der Waals surface area contributed by atoms with Gasteiger partial charge in [-0.2, -0.15) is 0 Å². The Hall–Kier alpha value is -3.00. The molecule has 4 aliphatic heterocycles. The summed E-state index contributed by atoms with van der Waals surface area (Å²) in [5.74, 6) is -12.6. The molecule has 0 aromatic rings. The molecule has 4 aliphatic rings. The fraction of sp³-hybridized carbons (Fsp3) is 0.897. The number of rotatable bonds is 24. The minimum Gasteiger partial charge on any atom is -0.477 e. The second-order valence-electron chi connectivity index (χ2n) is 17.2. The molecule has 0 aliphatic carbocycles. The molecule has 4 fully saturated rings. The van der Waals surface area contributed by atoms with Crippen LogP contribution in [0.5, 0.6) is 0 Å². The van der Waals surface area contributed by atoms with Gasteiger partial charge in [-0.3, -0.25) is 9.59 Å². The van der Waals surface area contributed by atoms with Crippen molar-refractivity contribution in [3.8, 4) is 0 Å². The number of ether oxygens (including phenoxy) is 8. The van der Waals surface area contributed by atoms with Crippen LogP contribution in [-0.4, -0.2) is 274 Å². The van der Waals surface area contributed by atoms with Crippen molar-refractivity contribution in [2.24, 2.45) is 5.73 Å². The molecule has 30 heteroatoms. The van der Waals surface area contributed by atoms with Gasteiger partial charge in [0, 0.05) is 33.3 Å². The SMILES string of the molecule is CC(=O)NC1C(O)CC(O[C@H](CO)[C@@H](O)C2OC(OC3C(O)C(CO)OC(OC4C(CO)OC(OCCCCCN)C(O)C4O)C3O)(C(=O)O)CC(O)C2NC(C)=O)(C(=O)O)OC1[C@H](O)[C@H](O)CO. The summed E-state index contributed by atoms with van der Waals surface area (Å²) in [6.45, 7) is -2.14. The van der Waals surface area contributed by atoms with E-state index in [0.29, 0.717) is 25.8 Å². The molecule has 0 bridgehead atoms. The minimum absolute atomic E-state index is 0.0589. The van der Waals surface area contributed by atoms with Gasteiger partial charge in [-0.1, -0.05) is 0 Å². The van der Waals surface area contributed by atoms with Gasteiger partial charge in [-0.15, -0.1) is 0 Å². The van der Waals surface area contributed by atoms with Crippen LogP contribution in [0.2, 0.25) is 0 Å². The highest BCUT2D eigenvalue weighted by Crippen LogP contribution is 2.40. The van der Waals surface area contributed by atoms with E-state index in [9.17, 15) is 95.8 Å². The summed E-state index contributed by atoms with van der Waals surface area (Å²) in [6, 6.07) is -3.56. The number of carbonyl (C=O) groups is 4. The molecular formula is C39H67N3O27. The van der Waals surface area contributed by atoms with E-state index >= 15 is 0 Å². The van der Waals surface area contributed by atoms with Crippen molar-refractivity contribution < 1.29 is 134 Å². The highest BCUT2D eigenvalue weighted by molar-refractivity contribution is 5.77. The third-order valence-corrected chi connectivity index (χ3v) is 12.1. The van der Waals surface area contributed by atoms with Crippen molar-refractivity contribution in [3.63, 3.8) is 0 Å². The number of carboxylic acid groups (broad SMARTS) is 2. The summed E-state index contributed by atoms with van der Waals surface area (Å²) in [5.41, 5.74) is 5.49. The van der Waals surface area contributed by atoms with Crippen LogP contribution in [0.1, 0.15) is 46.0 Å². The molecule has 0 saturated carbocycles. The van der Waals surface area contributed by atoms with Crippen LogP contribution >= 0.6 is 0 Å². The van der Waals surface area contributed by atoms with Gasteiger partial charge >= 0.3 is 11.9 Å². The first-order valence-electron chi connectivity index (χ1n) is 22.0. The van der Waals surface area contributed by atoms with Crippen LogP contribution in [0.4, 0.5) is 0 Å². The smallest absolute Gasteiger partial charge is 0.364 e. The first kappa shape index (κ1) is 58.6. The second-order valence-corrected chi connectivity index (χ2v) is 17.2. The first-order valence-corrected chi connectivity index (χ1v) is 22.0. The van der Waals surface area contributed by atoms with Gasteiger partial charge in [0.05, 0.1) is 50.7 Å². The highest BCUT2D eigenvalue weighted by Gasteiger charge is 2.62. The Balaban J connectivity index is 1.67. The maximum absolute atomic E-state index is 13.3. The van der Waals surface area contributed by atoms with Crippen molar-refractivity contribution >= 4 is 23.8 Å². The number of aliphatic hydroxyl groups is 13. The molecule has 22 atom stereocenters. The molecule has 0 radical (unpaired) electrons. The van der Waals surface area contributed by atoms with Crippen molar-refractivity contribution in [2.75, 3.05) is 39.6 Å². The second kappa shape index (κ2) is 25.6. The maximum Gasteiger partial charge on any atom is 0.364 e. The van der Waals surface area contributed by atoms with Crippen LogP contribution in [0, 0.1) is 0 Å². The Morgan fingerprint density at radius 3 is 1.71 bits per heavy atom. The molecule has 4 heterocycles. The standard InChI is InChI=1S/C39H67N3O27/c1-14(47)41-22-16(49)8-38(36(58)59,67-31(22)24(52)18(51)10-43)66-20(12-45)26(54)32-23(42-15(2)48)17(50)9-39(68-32,37(60)61)69-33-25(53)19(11-44)63-35(29(33)57)65-30-21(13-46)64-34(28(56)27(30)55)62-7-5-3-4-6-40/h16-35,43-46,49-57H,3-13,40H2,1-2H3,(H,41,47)(H,42,48)(H,58,59)(H,60,61)/t16?,17?,18-,19?,20-,21?,22?,23?,24-,25?,26-,27?,28?,29?,30?,31?,32?,33?,34?,35?,38?,39?/m1/s1. The molecular weight excluding hydrogens is 942 g/mol. The Labute approximate surface area is 392 Å². The Morgan fingerprint density at radius 2 is 1.20 bits per heavy atom. The predicted molar refractivity (Wildman–Crippen MR) is 218 cm³/mol. The molecule has 69 heavy (non-hydrogen) atoms. The summed E-state index contributed by atoms with van der Waals surface area (Å²) in [5, 5.41) is 166. The molecule has 30 nitrogen and oxygen atoms in total. The normalized spacial score (nSPS) is 40.2. The average molecular weight is 1010 g/mol. The number of hydrogen-bond acceptors (Lipinski definition) is 26. The number of nitrogens with one attached hydrogen (secondary N) is 2. The molecule has 400 valence electrons. The van der Waals surface area contributed by atoms with E-state index in [1.807, 2.05) is 0 Å². The third-order valence-electron chi connectivity index (χ3n) is 12.1. The average Bonchev–Trinajstić information content (AvgIpc) is 3.30. The highest BCUT2D eigenvalue weighted by atomic mass is 16.8. The van der Waals surface area contributed by atoms with Gasteiger partial charge in [0.1, 0.15) is 85.5 Å². The van der Waals surface area contributed by atoms with Gasteiger partial charge in [-0.25, -0.2) is 9.59 Å². The number of unbranched alkanes of at least 4 members (excludes halogenated alkanes) is 2. The quantitative estimate of drug-likeness (QED) is 0.0399. The van der Waals surface area contributed by atoms with E-state index < -0.39 is 197 Å². The zero-order valence-electron chi connectivity index (χ0n) is 37.5. The monoisotopic (exact) mass is 1010 g/mol. The van der Waals surface area contributed by atoms with Crippen LogP contribution in [0.15, 0.2) is 0 Å². The van der Waals surface area contributed by atoms with Crippen LogP contribution in [-0.2, 0) is 57.1 Å². The number of nitrogens with two attached hydrogens (primary N) is 1. The summed E-state index contributed by atoms with van der Waals surface area (Å²) in [6.07, 6.45) is -37.7. The van der Waals surface area contributed by atoms with Crippen LogP contribution < -0.4 is 16.4 Å². The number of amides is 2.